The number of fused-ring (bicyclic) bond motifs is 1. The zero-order chi connectivity index (χ0) is 22.1. The van der Waals surface area contributed by atoms with Crippen LogP contribution in [0.25, 0.3) is 22.0 Å². The number of carbonyl (C=O) groups is 1. The molecule has 1 fully saturated rings. The van der Waals surface area contributed by atoms with Gasteiger partial charge in [-0.25, -0.2) is 9.97 Å². The van der Waals surface area contributed by atoms with Crippen molar-refractivity contribution in [2.45, 2.75) is 25.7 Å². The number of para-hydroxylation sites is 1. The summed E-state index contributed by atoms with van der Waals surface area (Å²) < 4.78 is 0. The Balaban J connectivity index is 1.43. The predicted octanol–water partition coefficient (Wildman–Crippen LogP) is 4.00. The van der Waals surface area contributed by atoms with Crippen LogP contribution in [0.15, 0.2) is 61.1 Å². The van der Waals surface area contributed by atoms with E-state index in [2.05, 4.69) is 21.0 Å². The fourth-order valence-corrected chi connectivity index (χ4v) is 4.41. The topological polar surface area (TPSA) is 97.9 Å². The van der Waals surface area contributed by atoms with Gasteiger partial charge in [-0.2, -0.15) is 0 Å². The Morgan fingerprint density at radius 2 is 1.88 bits per heavy atom. The summed E-state index contributed by atoms with van der Waals surface area (Å²) >= 11 is 0. The van der Waals surface area contributed by atoms with Gasteiger partial charge >= 0.3 is 0 Å². The van der Waals surface area contributed by atoms with Crippen molar-refractivity contribution in [2.75, 3.05) is 18.8 Å². The first-order valence-corrected chi connectivity index (χ1v) is 10.8. The summed E-state index contributed by atoms with van der Waals surface area (Å²) in [6, 6.07) is 13.7. The maximum absolute atomic E-state index is 13.4. The second-order valence-electron chi connectivity index (χ2n) is 8.22. The van der Waals surface area contributed by atoms with Crippen LogP contribution in [0.5, 0.6) is 0 Å². The molecule has 1 aliphatic rings. The molecule has 1 saturated heterocycles. The Labute approximate surface area is 186 Å². The Bertz CT molecular complexity index is 1280. The molecule has 4 heterocycles. The van der Waals surface area contributed by atoms with Gasteiger partial charge in [0.05, 0.1) is 11.1 Å². The van der Waals surface area contributed by atoms with Crippen LogP contribution in [0.1, 0.15) is 40.5 Å². The van der Waals surface area contributed by atoms with Gasteiger partial charge in [-0.3, -0.25) is 14.8 Å². The molecule has 1 amide bonds. The summed E-state index contributed by atoms with van der Waals surface area (Å²) in [6.45, 7) is 3.36. The van der Waals surface area contributed by atoms with Crippen molar-refractivity contribution in [3.63, 3.8) is 0 Å². The zero-order valence-corrected chi connectivity index (χ0v) is 17.9. The van der Waals surface area contributed by atoms with Gasteiger partial charge in [0, 0.05) is 59.9 Å². The van der Waals surface area contributed by atoms with Crippen molar-refractivity contribution >= 4 is 22.8 Å². The van der Waals surface area contributed by atoms with Gasteiger partial charge in [0.25, 0.3) is 5.91 Å². The van der Waals surface area contributed by atoms with E-state index >= 15 is 0 Å². The summed E-state index contributed by atoms with van der Waals surface area (Å²) in [6.07, 6.45) is 7.11. The molecule has 7 heteroatoms. The molecule has 7 nitrogen and oxygen atoms in total. The summed E-state index contributed by atoms with van der Waals surface area (Å²) in [5.41, 5.74) is 10.9. The second-order valence-corrected chi connectivity index (χ2v) is 8.22. The quantitative estimate of drug-likeness (QED) is 0.534. The predicted molar refractivity (Wildman–Crippen MR) is 124 cm³/mol. The van der Waals surface area contributed by atoms with E-state index in [0.29, 0.717) is 12.1 Å². The molecule has 1 aromatic carbocycles. The van der Waals surface area contributed by atoms with Crippen molar-refractivity contribution in [3.8, 4) is 11.1 Å². The number of pyridine rings is 2. The number of aryl methyl sites for hydroxylation is 1. The third-order valence-electron chi connectivity index (χ3n) is 5.97. The molecular formula is C25H24N6O. The fourth-order valence-electron chi connectivity index (χ4n) is 4.41. The van der Waals surface area contributed by atoms with Gasteiger partial charge < -0.3 is 10.6 Å². The highest BCUT2D eigenvalue weighted by Crippen LogP contribution is 2.30. The van der Waals surface area contributed by atoms with Crippen molar-refractivity contribution < 1.29 is 4.79 Å². The van der Waals surface area contributed by atoms with Crippen LogP contribution >= 0.6 is 0 Å². The number of hydrogen-bond donors (Lipinski definition) is 1. The first-order chi connectivity index (χ1) is 15.6. The van der Waals surface area contributed by atoms with E-state index in [9.17, 15) is 4.79 Å². The number of hydrogen-bond acceptors (Lipinski definition) is 6. The van der Waals surface area contributed by atoms with E-state index in [1.54, 1.807) is 18.6 Å². The number of likely N-dealkylation sites (tertiary alicyclic amines) is 1. The Hall–Kier alpha value is -3.87. The van der Waals surface area contributed by atoms with E-state index in [1.165, 1.54) is 0 Å². The lowest BCUT2D eigenvalue weighted by Gasteiger charge is -2.33. The number of aromatic nitrogens is 4. The standard InChI is InChI=1S/C25H24N6O/c1-16-11-19(20-13-28-25(26)29-14-20)12-22(30-16)18-7-4-10-31(15-18)24(32)21-8-2-5-17-6-3-9-27-23(17)21/h2-3,5-6,8-9,11-14,18H,4,7,10,15H2,1H3,(H2,26,28,29). The average Bonchev–Trinajstić information content (AvgIpc) is 2.83. The first kappa shape index (κ1) is 20.1. The maximum atomic E-state index is 13.4. The molecule has 32 heavy (non-hydrogen) atoms. The minimum absolute atomic E-state index is 0.0267. The Kier molecular flexibility index (Phi) is 5.23. The highest BCUT2D eigenvalue weighted by Gasteiger charge is 2.27. The van der Waals surface area contributed by atoms with Crippen LogP contribution in [0.3, 0.4) is 0 Å². The van der Waals surface area contributed by atoms with Gasteiger partial charge in [0.2, 0.25) is 5.95 Å². The molecular weight excluding hydrogens is 400 g/mol. The summed E-state index contributed by atoms with van der Waals surface area (Å²) in [5.74, 6) is 0.451. The van der Waals surface area contributed by atoms with E-state index < -0.39 is 0 Å². The summed E-state index contributed by atoms with van der Waals surface area (Å²) in [7, 11) is 0. The van der Waals surface area contributed by atoms with Crippen LogP contribution in [0, 0.1) is 6.92 Å². The lowest BCUT2D eigenvalue weighted by molar-refractivity contribution is 0.0707. The smallest absolute Gasteiger partial charge is 0.256 e. The third kappa shape index (κ3) is 3.89. The molecule has 2 N–H and O–H groups in total. The monoisotopic (exact) mass is 424 g/mol. The number of nitrogens with two attached hydrogens (primary N) is 1. The van der Waals surface area contributed by atoms with E-state index in [1.807, 2.05) is 48.2 Å². The number of nitrogen functional groups attached to an aromatic ring is 1. The van der Waals surface area contributed by atoms with Crippen LogP contribution in [0.2, 0.25) is 0 Å². The van der Waals surface area contributed by atoms with Gasteiger partial charge in [0.15, 0.2) is 0 Å². The van der Waals surface area contributed by atoms with Crippen molar-refractivity contribution in [1.82, 2.24) is 24.8 Å². The van der Waals surface area contributed by atoms with Gasteiger partial charge in [-0.05, 0) is 49.6 Å². The lowest BCUT2D eigenvalue weighted by atomic mass is 9.92. The normalized spacial score (nSPS) is 16.3. The summed E-state index contributed by atoms with van der Waals surface area (Å²) in [5, 5.41) is 0.975. The molecule has 4 aromatic rings. The number of rotatable bonds is 3. The minimum atomic E-state index is 0.0267. The largest absolute Gasteiger partial charge is 0.368 e. The first-order valence-electron chi connectivity index (χ1n) is 10.8. The van der Waals surface area contributed by atoms with Crippen LogP contribution in [-0.2, 0) is 0 Å². The van der Waals surface area contributed by atoms with Crippen molar-refractivity contribution in [3.05, 3.63) is 78.0 Å². The number of amides is 1. The summed E-state index contributed by atoms with van der Waals surface area (Å²) in [4.78, 5) is 32.8. The number of benzene rings is 1. The maximum Gasteiger partial charge on any atom is 0.256 e. The highest BCUT2D eigenvalue weighted by molar-refractivity contribution is 6.05. The van der Waals surface area contributed by atoms with Crippen molar-refractivity contribution in [1.29, 1.82) is 0 Å². The molecule has 0 radical (unpaired) electrons. The molecule has 5 rings (SSSR count). The van der Waals surface area contributed by atoms with Gasteiger partial charge in [-0.1, -0.05) is 18.2 Å². The molecule has 0 spiro atoms. The van der Waals surface area contributed by atoms with E-state index in [-0.39, 0.29) is 17.8 Å². The third-order valence-corrected chi connectivity index (χ3v) is 5.97. The second kappa shape index (κ2) is 8.34. The van der Waals surface area contributed by atoms with E-state index in [0.717, 1.165) is 52.8 Å². The number of piperidine rings is 1. The molecule has 1 aliphatic heterocycles. The molecule has 0 bridgehead atoms. The van der Waals surface area contributed by atoms with Gasteiger partial charge in [0.1, 0.15) is 0 Å². The fraction of sp³-hybridized carbons (Fsp3) is 0.240. The Morgan fingerprint density at radius 1 is 1.06 bits per heavy atom. The number of anilines is 1. The minimum Gasteiger partial charge on any atom is -0.368 e. The number of nitrogens with zero attached hydrogens (tertiary/aromatic N) is 5. The molecule has 0 aliphatic carbocycles. The van der Waals surface area contributed by atoms with Crippen LogP contribution in [0.4, 0.5) is 5.95 Å². The molecule has 160 valence electrons. The molecule has 3 aromatic heterocycles. The molecule has 0 saturated carbocycles. The zero-order valence-electron chi connectivity index (χ0n) is 17.9. The molecule has 1 atom stereocenters. The van der Waals surface area contributed by atoms with Gasteiger partial charge in [-0.15, -0.1) is 0 Å². The SMILES string of the molecule is Cc1cc(-c2cnc(N)nc2)cc(C2CCCN(C(=O)c3cccc4cccnc34)C2)n1. The average molecular weight is 425 g/mol. The van der Waals surface area contributed by atoms with Crippen LogP contribution in [-0.4, -0.2) is 43.8 Å². The van der Waals surface area contributed by atoms with Crippen LogP contribution < -0.4 is 5.73 Å². The number of carbonyl (C=O) groups excluding carboxylic acids is 1. The highest BCUT2D eigenvalue weighted by atomic mass is 16.2. The van der Waals surface area contributed by atoms with E-state index in [4.69, 9.17) is 10.7 Å². The molecule has 1 unspecified atom stereocenters. The Morgan fingerprint density at radius 3 is 2.72 bits per heavy atom. The van der Waals surface area contributed by atoms with Crippen molar-refractivity contribution in [2.24, 2.45) is 0 Å². The lowest BCUT2D eigenvalue weighted by Crippen LogP contribution is -2.39.